The molecule has 1 aliphatic rings. The summed E-state index contributed by atoms with van der Waals surface area (Å²) in [5.74, 6) is -0.236. The number of fused-ring (bicyclic) bond motifs is 1. The Bertz CT molecular complexity index is 1430. The lowest BCUT2D eigenvalue weighted by molar-refractivity contribution is -0.0370. The first kappa shape index (κ1) is 31.0. The van der Waals surface area contributed by atoms with Crippen molar-refractivity contribution in [2.75, 3.05) is 26.3 Å². The van der Waals surface area contributed by atoms with Crippen molar-refractivity contribution >= 4 is 29.2 Å². The molecule has 0 aliphatic carbocycles. The summed E-state index contributed by atoms with van der Waals surface area (Å²) in [5, 5.41) is 9.96. The van der Waals surface area contributed by atoms with Gasteiger partial charge in [0.05, 0.1) is 24.4 Å². The van der Waals surface area contributed by atoms with Crippen molar-refractivity contribution in [1.82, 2.24) is 29.4 Å². The predicted molar refractivity (Wildman–Crippen MR) is 158 cm³/mol. The van der Waals surface area contributed by atoms with Crippen LogP contribution in [0.5, 0.6) is 5.88 Å². The molecule has 12 nitrogen and oxygen atoms in total. The predicted octanol–water partition coefficient (Wildman–Crippen LogP) is 5.37. The van der Waals surface area contributed by atoms with Crippen molar-refractivity contribution in [1.29, 1.82) is 0 Å². The Hall–Kier alpha value is -3.93. The van der Waals surface area contributed by atoms with Crippen molar-refractivity contribution in [3.8, 4) is 17.0 Å². The van der Waals surface area contributed by atoms with Gasteiger partial charge in [-0.05, 0) is 72.9 Å². The molecule has 2 atom stereocenters. The van der Waals surface area contributed by atoms with Crippen LogP contribution >= 0.6 is 0 Å². The van der Waals surface area contributed by atoms with Gasteiger partial charge in [0.15, 0.2) is 17.6 Å². The minimum absolute atomic E-state index is 0.102. The average molecular weight is 583 g/mol. The summed E-state index contributed by atoms with van der Waals surface area (Å²) >= 11 is 0. The Labute approximate surface area is 246 Å². The summed E-state index contributed by atoms with van der Waals surface area (Å²) in [7, 11) is 1.69. The lowest BCUT2D eigenvalue weighted by atomic mass is 10.1. The molecule has 4 heterocycles. The third-order valence-electron chi connectivity index (χ3n) is 6.77. The van der Waals surface area contributed by atoms with Crippen molar-refractivity contribution in [3.63, 3.8) is 0 Å². The summed E-state index contributed by atoms with van der Waals surface area (Å²) in [5.41, 5.74) is 1.84. The van der Waals surface area contributed by atoms with Gasteiger partial charge in [-0.1, -0.05) is 6.58 Å². The molecule has 42 heavy (non-hydrogen) atoms. The molecule has 12 heteroatoms. The molecule has 1 saturated heterocycles. The van der Waals surface area contributed by atoms with Gasteiger partial charge in [0, 0.05) is 37.3 Å². The second-order valence-corrected chi connectivity index (χ2v) is 11.3. The van der Waals surface area contributed by atoms with E-state index < -0.39 is 23.8 Å². The highest BCUT2D eigenvalue weighted by atomic mass is 16.6. The van der Waals surface area contributed by atoms with E-state index in [0.717, 1.165) is 24.6 Å². The van der Waals surface area contributed by atoms with Crippen LogP contribution in [0, 0.1) is 0 Å². The molecule has 1 unspecified atom stereocenters. The number of carbonyl (C=O) groups is 2. The number of amides is 1. The van der Waals surface area contributed by atoms with E-state index in [9.17, 15) is 9.59 Å². The zero-order chi connectivity index (χ0) is 30.6. The Morgan fingerprint density at radius 1 is 1.26 bits per heavy atom. The molecule has 0 spiro atoms. The number of aromatic nitrogens is 5. The smallest absolute Gasteiger partial charge is 0.410 e. The molecule has 4 rings (SSSR count). The minimum Gasteiger partial charge on any atom is -0.472 e. The number of esters is 1. The topological polar surface area (TPSA) is 123 Å². The molecule has 3 aromatic rings. The maximum Gasteiger partial charge on any atom is 0.410 e. The maximum absolute atomic E-state index is 13.0. The maximum atomic E-state index is 13.0. The van der Waals surface area contributed by atoms with E-state index in [1.54, 1.807) is 35.8 Å². The second-order valence-electron chi connectivity index (χ2n) is 11.3. The SMILES string of the molecule is C=Cc1nn(C2CCCCO2)c2ncc(-c3c(C(=O)OCC)nn(C)c3O[C@@H](C)CN(CC)C(=O)OC(C)(C)C)cc12. The number of pyridine rings is 1. The van der Waals surface area contributed by atoms with E-state index in [2.05, 4.69) is 11.7 Å². The van der Waals surface area contributed by atoms with Gasteiger partial charge in [-0.15, -0.1) is 0 Å². The van der Waals surface area contributed by atoms with Crippen LogP contribution in [-0.4, -0.2) is 79.5 Å². The third kappa shape index (κ3) is 6.75. The van der Waals surface area contributed by atoms with Gasteiger partial charge in [0.2, 0.25) is 5.88 Å². The third-order valence-corrected chi connectivity index (χ3v) is 6.77. The van der Waals surface area contributed by atoms with Crippen LogP contribution in [0.4, 0.5) is 4.79 Å². The number of likely N-dealkylation sites (N-methyl/N-ethyl adjacent to an activating group) is 1. The summed E-state index contributed by atoms with van der Waals surface area (Å²) in [6.07, 6.45) is 5.18. The van der Waals surface area contributed by atoms with Crippen LogP contribution in [0.3, 0.4) is 0 Å². The lowest BCUT2D eigenvalue weighted by Gasteiger charge is -2.28. The largest absolute Gasteiger partial charge is 0.472 e. The van der Waals surface area contributed by atoms with E-state index in [4.69, 9.17) is 29.0 Å². The Kier molecular flexibility index (Phi) is 9.55. The highest BCUT2D eigenvalue weighted by Gasteiger charge is 2.30. The molecule has 0 N–H and O–H groups in total. The van der Waals surface area contributed by atoms with Crippen LogP contribution in [0.15, 0.2) is 18.8 Å². The minimum atomic E-state index is -0.620. The normalized spacial score (nSPS) is 16.2. The van der Waals surface area contributed by atoms with E-state index >= 15 is 0 Å². The highest BCUT2D eigenvalue weighted by molar-refractivity contribution is 5.98. The van der Waals surface area contributed by atoms with Crippen LogP contribution < -0.4 is 4.74 Å². The Morgan fingerprint density at radius 3 is 2.64 bits per heavy atom. The summed E-state index contributed by atoms with van der Waals surface area (Å²) < 4.78 is 26.5. The summed E-state index contributed by atoms with van der Waals surface area (Å²) in [6.45, 7) is 16.4. The van der Waals surface area contributed by atoms with Gasteiger partial charge < -0.3 is 23.8 Å². The molecule has 0 aromatic carbocycles. The number of rotatable bonds is 10. The number of nitrogens with zero attached hydrogens (tertiary/aromatic N) is 6. The van der Waals surface area contributed by atoms with Gasteiger partial charge in [0.25, 0.3) is 0 Å². The number of aryl methyl sites for hydroxylation is 1. The van der Waals surface area contributed by atoms with Crippen molar-refractivity contribution in [2.24, 2.45) is 7.05 Å². The number of hydrogen-bond donors (Lipinski definition) is 0. The Balaban J connectivity index is 1.73. The molecule has 3 aromatic heterocycles. The molecule has 1 amide bonds. The first-order valence-electron chi connectivity index (χ1n) is 14.5. The fourth-order valence-electron chi connectivity index (χ4n) is 4.89. The van der Waals surface area contributed by atoms with Gasteiger partial charge in [-0.2, -0.15) is 10.2 Å². The van der Waals surface area contributed by atoms with E-state index in [1.165, 1.54) is 4.68 Å². The molecule has 1 aliphatic heterocycles. The van der Waals surface area contributed by atoms with Gasteiger partial charge >= 0.3 is 12.1 Å². The van der Waals surface area contributed by atoms with E-state index in [1.807, 2.05) is 40.7 Å². The van der Waals surface area contributed by atoms with Gasteiger partial charge in [-0.25, -0.2) is 23.9 Å². The highest BCUT2D eigenvalue weighted by Crippen LogP contribution is 2.37. The van der Waals surface area contributed by atoms with Crippen LogP contribution in [0.1, 0.15) is 83.2 Å². The molecular weight excluding hydrogens is 540 g/mol. The fraction of sp³-hybridized carbons (Fsp3) is 0.567. The summed E-state index contributed by atoms with van der Waals surface area (Å²) in [4.78, 5) is 32.1. The first-order valence-corrected chi connectivity index (χ1v) is 14.5. The first-order chi connectivity index (χ1) is 20.0. The van der Waals surface area contributed by atoms with E-state index in [0.29, 0.717) is 41.5 Å². The van der Waals surface area contributed by atoms with Crippen LogP contribution in [0.25, 0.3) is 28.2 Å². The Morgan fingerprint density at radius 2 is 2.02 bits per heavy atom. The lowest BCUT2D eigenvalue weighted by Crippen LogP contribution is -2.41. The van der Waals surface area contributed by atoms with Crippen molar-refractivity contribution < 1.29 is 28.5 Å². The average Bonchev–Trinajstić information content (AvgIpc) is 3.48. The molecular formula is C30H42N6O6. The van der Waals surface area contributed by atoms with Crippen molar-refractivity contribution in [3.05, 3.63) is 30.2 Å². The molecule has 0 bridgehead atoms. The quantitative estimate of drug-likeness (QED) is 0.290. The van der Waals surface area contributed by atoms with Crippen molar-refractivity contribution in [2.45, 2.75) is 78.7 Å². The second kappa shape index (κ2) is 12.9. The number of carbonyl (C=O) groups excluding carboxylic acids is 2. The standard InChI is InChI=1S/C30H42N6O6/c1-9-22-21-16-20(17-31-26(21)36(32-22)23-14-12-13-15-40-23)24-25(28(37)39-11-3)33-34(8)27(24)41-19(4)18-35(10-2)29(38)42-30(5,6)7/h9,16-17,19,23H,1,10-15,18H2,2-8H3/t19-,23?/m0/s1. The zero-order valence-electron chi connectivity index (χ0n) is 25.7. The van der Waals surface area contributed by atoms with Crippen LogP contribution in [-0.2, 0) is 21.3 Å². The molecule has 1 fully saturated rings. The molecule has 228 valence electrons. The van der Waals surface area contributed by atoms with Gasteiger partial charge in [0.1, 0.15) is 11.7 Å². The van der Waals surface area contributed by atoms with Crippen LogP contribution in [0.2, 0.25) is 0 Å². The van der Waals surface area contributed by atoms with E-state index in [-0.39, 0.29) is 25.1 Å². The molecule has 0 saturated carbocycles. The fourth-order valence-corrected chi connectivity index (χ4v) is 4.89. The monoisotopic (exact) mass is 582 g/mol. The zero-order valence-corrected chi connectivity index (χ0v) is 25.7. The molecule has 0 radical (unpaired) electrons. The van der Waals surface area contributed by atoms with Gasteiger partial charge in [-0.3, -0.25) is 0 Å². The number of hydrogen-bond acceptors (Lipinski definition) is 9. The number of ether oxygens (including phenoxy) is 4. The summed E-state index contributed by atoms with van der Waals surface area (Å²) in [6, 6.07) is 1.90.